The summed E-state index contributed by atoms with van der Waals surface area (Å²) in [6.45, 7) is 4.10. The predicted molar refractivity (Wildman–Crippen MR) is 124 cm³/mol. The van der Waals surface area contributed by atoms with Crippen LogP contribution in [0.25, 0.3) is 0 Å². The van der Waals surface area contributed by atoms with Crippen molar-refractivity contribution in [2.24, 2.45) is 4.99 Å². The summed E-state index contributed by atoms with van der Waals surface area (Å²) in [5.74, 6) is 0.758. The van der Waals surface area contributed by atoms with Gasteiger partial charge in [-0.3, -0.25) is 0 Å². The van der Waals surface area contributed by atoms with Crippen molar-refractivity contribution in [3.63, 3.8) is 0 Å². The Kier molecular flexibility index (Phi) is 10.3. The largest absolute Gasteiger partial charge is 0.357 e. The Balaban J connectivity index is 0.00000364. The highest BCUT2D eigenvalue weighted by atomic mass is 127. The lowest BCUT2D eigenvalue weighted by Crippen LogP contribution is -2.38. The maximum atomic E-state index is 12.1. The minimum absolute atomic E-state index is 0. The molecule has 0 aliphatic carbocycles. The van der Waals surface area contributed by atoms with Gasteiger partial charge >= 0.3 is 0 Å². The molecule has 9 heteroatoms. The number of hydrogen-bond donors (Lipinski definition) is 2. The van der Waals surface area contributed by atoms with Crippen LogP contribution >= 0.6 is 35.3 Å². The van der Waals surface area contributed by atoms with Crippen molar-refractivity contribution in [2.45, 2.75) is 24.8 Å². The molecule has 1 heterocycles. The van der Waals surface area contributed by atoms with E-state index in [0.717, 1.165) is 31.0 Å². The van der Waals surface area contributed by atoms with E-state index in [4.69, 9.17) is 0 Å². The van der Waals surface area contributed by atoms with Crippen molar-refractivity contribution in [3.05, 3.63) is 52.2 Å². The molecule has 0 fully saturated rings. The number of halogens is 1. The van der Waals surface area contributed by atoms with Gasteiger partial charge in [-0.15, -0.1) is 35.3 Å². The van der Waals surface area contributed by atoms with E-state index in [1.54, 1.807) is 35.6 Å². The van der Waals surface area contributed by atoms with Crippen molar-refractivity contribution in [1.29, 1.82) is 0 Å². The fourth-order valence-electron chi connectivity index (χ4n) is 2.25. The maximum Gasteiger partial charge on any atom is 0.242 e. The highest BCUT2D eigenvalue weighted by molar-refractivity contribution is 14.0. The van der Waals surface area contributed by atoms with E-state index >= 15 is 0 Å². The number of thiophene rings is 1. The standard InChI is InChI=1S/C18H26N4O2S2.HI/c1-4-19-18(20-12-11-16-6-5-13-25-16)21-14-15-7-9-17(10-8-15)26(23,24)22(2)3;/h5-10,13H,4,11-12,14H2,1-3H3,(H2,19,20,21);1H. The van der Waals surface area contributed by atoms with Gasteiger partial charge in [0.1, 0.15) is 0 Å². The molecule has 27 heavy (non-hydrogen) atoms. The zero-order chi connectivity index (χ0) is 19.0. The van der Waals surface area contributed by atoms with Gasteiger partial charge < -0.3 is 10.6 Å². The summed E-state index contributed by atoms with van der Waals surface area (Å²) in [5, 5.41) is 8.62. The second-order valence-corrected chi connectivity index (χ2v) is 9.07. The number of rotatable bonds is 8. The van der Waals surface area contributed by atoms with Crippen LogP contribution in [-0.4, -0.2) is 45.9 Å². The van der Waals surface area contributed by atoms with Gasteiger partial charge in [-0.05, 0) is 42.5 Å². The zero-order valence-corrected chi connectivity index (χ0v) is 19.8. The van der Waals surface area contributed by atoms with Gasteiger partial charge in [-0.1, -0.05) is 18.2 Å². The van der Waals surface area contributed by atoms with Crippen molar-refractivity contribution in [1.82, 2.24) is 14.9 Å². The number of aliphatic imine (C=N–C) groups is 1. The predicted octanol–water partition coefficient (Wildman–Crippen LogP) is 2.91. The Labute approximate surface area is 183 Å². The molecule has 0 atom stereocenters. The molecule has 0 unspecified atom stereocenters. The molecule has 1 aromatic carbocycles. The summed E-state index contributed by atoms with van der Waals surface area (Å²) in [5.41, 5.74) is 0.957. The molecule has 0 bridgehead atoms. The third kappa shape index (κ3) is 7.40. The molecule has 150 valence electrons. The van der Waals surface area contributed by atoms with Gasteiger partial charge in [0.25, 0.3) is 0 Å². The molecule has 2 rings (SSSR count). The van der Waals surface area contributed by atoms with Crippen LogP contribution in [0.4, 0.5) is 0 Å². The SMILES string of the molecule is CCNC(=NCc1ccc(S(=O)(=O)N(C)C)cc1)NCCc1cccs1.I. The first-order valence-corrected chi connectivity index (χ1v) is 10.8. The van der Waals surface area contributed by atoms with Crippen LogP contribution in [0.2, 0.25) is 0 Å². The Morgan fingerprint density at radius 3 is 2.41 bits per heavy atom. The van der Waals surface area contributed by atoms with Gasteiger partial charge in [-0.2, -0.15) is 0 Å². The summed E-state index contributed by atoms with van der Waals surface area (Å²) >= 11 is 1.75. The van der Waals surface area contributed by atoms with Crippen LogP contribution in [0.15, 0.2) is 51.7 Å². The number of benzene rings is 1. The minimum Gasteiger partial charge on any atom is -0.357 e. The first kappa shape index (κ1) is 23.9. The summed E-state index contributed by atoms with van der Waals surface area (Å²) in [6, 6.07) is 11.0. The summed E-state index contributed by atoms with van der Waals surface area (Å²) in [6.07, 6.45) is 0.958. The molecule has 1 aromatic heterocycles. The lowest BCUT2D eigenvalue weighted by atomic mass is 10.2. The van der Waals surface area contributed by atoms with E-state index in [1.165, 1.54) is 23.3 Å². The van der Waals surface area contributed by atoms with Gasteiger partial charge in [0, 0.05) is 32.1 Å². The lowest BCUT2D eigenvalue weighted by Gasteiger charge is -2.12. The number of hydrogen-bond acceptors (Lipinski definition) is 4. The van der Waals surface area contributed by atoms with Crippen LogP contribution in [0.5, 0.6) is 0 Å². The third-order valence-electron chi connectivity index (χ3n) is 3.71. The van der Waals surface area contributed by atoms with Gasteiger partial charge in [0.15, 0.2) is 5.96 Å². The molecular weight excluding hydrogens is 495 g/mol. The number of sulfonamides is 1. The molecule has 6 nitrogen and oxygen atoms in total. The Morgan fingerprint density at radius 1 is 1.15 bits per heavy atom. The van der Waals surface area contributed by atoms with Crippen LogP contribution in [0, 0.1) is 0 Å². The van der Waals surface area contributed by atoms with E-state index in [2.05, 4.69) is 33.1 Å². The van der Waals surface area contributed by atoms with Crippen molar-refractivity contribution >= 4 is 51.3 Å². The van der Waals surface area contributed by atoms with Crippen LogP contribution < -0.4 is 10.6 Å². The highest BCUT2D eigenvalue weighted by Crippen LogP contribution is 2.14. The summed E-state index contributed by atoms with van der Waals surface area (Å²) < 4.78 is 25.4. The van der Waals surface area contributed by atoms with E-state index in [1.807, 2.05) is 6.92 Å². The zero-order valence-electron chi connectivity index (χ0n) is 15.8. The fourth-order valence-corrected chi connectivity index (χ4v) is 3.86. The molecule has 0 aliphatic rings. The first-order valence-electron chi connectivity index (χ1n) is 8.49. The monoisotopic (exact) mass is 522 g/mol. The molecule has 0 amide bonds. The lowest BCUT2D eigenvalue weighted by molar-refractivity contribution is 0.520. The first-order chi connectivity index (χ1) is 12.4. The van der Waals surface area contributed by atoms with Gasteiger partial charge in [0.05, 0.1) is 11.4 Å². The van der Waals surface area contributed by atoms with Crippen LogP contribution in [0.1, 0.15) is 17.4 Å². The highest BCUT2D eigenvalue weighted by Gasteiger charge is 2.16. The van der Waals surface area contributed by atoms with E-state index in [0.29, 0.717) is 6.54 Å². The molecule has 2 aromatic rings. The van der Waals surface area contributed by atoms with E-state index in [-0.39, 0.29) is 28.9 Å². The topological polar surface area (TPSA) is 73.8 Å². The number of nitrogens with zero attached hydrogens (tertiary/aromatic N) is 2. The maximum absolute atomic E-state index is 12.1. The van der Waals surface area contributed by atoms with E-state index < -0.39 is 10.0 Å². The van der Waals surface area contributed by atoms with Crippen molar-refractivity contribution in [2.75, 3.05) is 27.2 Å². The van der Waals surface area contributed by atoms with E-state index in [9.17, 15) is 8.42 Å². The number of guanidine groups is 1. The molecule has 0 aliphatic heterocycles. The van der Waals surface area contributed by atoms with Crippen molar-refractivity contribution < 1.29 is 8.42 Å². The Hall–Kier alpha value is -1.17. The van der Waals surface area contributed by atoms with Gasteiger partial charge in [-0.25, -0.2) is 17.7 Å². The molecule has 2 N–H and O–H groups in total. The second kappa shape index (κ2) is 11.6. The van der Waals surface area contributed by atoms with Crippen molar-refractivity contribution in [3.8, 4) is 0 Å². The van der Waals surface area contributed by atoms with Gasteiger partial charge in [0.2, 0.25) is 10.0 Å². The van der Waals surface area contributed by atoms with Crippen LogP contribution in [-0.2, 0) is 23.0 Å². The average Bonchev–Trinajstić information content (AvgIpc) is 3.13. The fraction of sp³-hybridized carbons (Fsp3) is 0.389. The van der Waals surface area contributed by atoms with Crippen LogP contribution in [0.3, 0.4) is 0 Å². The molecule has 0 saturated heterocycles. The molecular formula is C18H27IN4O2S2. The Morgan fingerprint density at radius 2 is 1.85 bits per heavy atom. The number of nitrogens with one attached hydrogen (secondary N) is 2. The average molecular weight is 522 g/mol. The quantitative estimate of drug-likeness (QED) is 0.318. The summed E-state index contributed by atoms with van der Waals surface area (Å²) in [4.78, 5) is 6.19. The molecule has 0 saturated carbocycles. The normalized spacial score (nSPS) is 11.9. The molecule has 0 spiro atoms. The second-order valence-electron chi connectivity index (χ2n) is 5.88. The minimum atomic E-state index is -3.39. The summed E-state index contributed by atoms with van der Waals surface area (Å²) in [7, 11) is -0.342. The third-order valence-corrected chi connectivity index (χ3v) is 6.48. The smallest absolute Gasteiger partial charge is 0.242 e. The Bertz CT molecular complexity index is 804. The molecule has 0 radical (unpaired) electrons.